The number of fused-ring (bicyclic) bond motifs is 2. The number of hydrogen-bond donors (Lipinski definition) is 4. The van der Waals surface area contributed by atoms with Crippen molar-refractivity contribution in [3.63, 3.8) is 0 Å². The fourth-order valence-electron chi connectivity index (χ4n) is 4.18. The smallest absolute Gasteiger partial charge is 0.336 e. The number of aromatic hydroxyl groups is 1. The summed E-state index contributed by atoms with van der Waals surface area (Å²) in [7, 11) is 0. The van der Waals surface area contributed by atoms with Crippen LogP contribution in [-0.4, -0.2) is 39.2 Å². The molecule has 2 aromatic carbocycles. The lowest BCUT2D eigenvalue weighted by atomic mass is 10.0. The van der Waals surface area contributed by atoms with Crippen LogP contribution in [0.1, 0.15) is 37.8 Å². The maximum absolute atomic E-state index is 12.8. The molecule has 194 valence electrons. The second-order valence-electron chi connectivity index (χ2n) is 8.88. The van der Waals surface area contributed by atoms with Crippen LogP contribution in [-0.2, 0) is 22.4 Å². The van der Waals surface area contributed by atoms with Gasteiger partial charge < -0.3 is 29.7 Å². The van der Waals surface area contributed by atoms with Crippen molar-refractivity contribution in [3.05, 3.63) is 69.2 Å². The molecular weight excluding hydrogens is 500 g/mol. The number of unbranched alkanes of at least 4 members (excludes halogenated alkanes) is 1. The number of amides is 1. The van der Waals surface area contributed by atoms with E-state index >= 15 is 0 Å². The number of benzene rings is 2. The summed E-state index contributed by atoms with van der Waals surface area (Å²) in [6, 6.07) is 8.04. The summed E-state index contributed by atoms with van der Waals surface area (Å²) in [5.41, 5.74) is 1.97. The fraction of sp³-hybridized carbons (Fsp3) is 0.296. The van der Waals surface area contributed by atoms with Crippen LogP contribution in [0.5, 0.6) is 11.5 Å². The van der Waals surface area contributed by atoms with E-state index in [0.29, 0.717) is 22.8 Å². The largest absolute Gasteiger partial charge is 0.508 e. The third-order valence-corrected chi connectivity index (χ3v) is 6.44. The number of halogens is 1. The maximum atomic E-state index is 12.8. The van der Waals surface area contributed by atoms with Gasteiger partial charge in [0, 0.05) is 41.0 Å². The minimum Gasteiger partial charge on any atom is -0.508 e. The molecule has 9 nitrogen and oxygen atoms in total. The van der Waals surface area contributed by atoms with Crippen LogP contribution in [0.25, 0.3) is 21.9 Å². The van der Waals surface area contributed by atoms with Gasteiger partial charge in [0.25, 0.3) is 5.91 Å². The van der Waals surface area contributed by atoms with Crippen molar-refractivity contribution in [3.8, 4) is 11.5 Å². The Labute approximate surface area is 217 Å². The number of aromatic amines is 1. The van der Waals surface area contributed by atoms with Crippen LogP contribution in [0.3, 0.4) is 0 Å². The average molecular weight is 527 g/mol. The molecule has 4 aromatic rings. The number of carbonyl (C=O) groups excluding carboxylic acids is 1. The highest BCUT2D eigenvalue weighted by atomic mass is 35.5. The third-order valence-electron chi connectivity index (χ3n) is 6.14. The van der Waals surface area contributed by atoms with Crippen LogP contribution >= 0.6 is 11.6 Å². The molecule has 0 radical (unpaired) electrons. The van der Waals surface area contributed by atoms with Crippen molar-refractivity contribution in [2.75, 3.05) is 0 Å². The zero-order valence-corrected chi connectivity index (χ0v) is 21.1. The van der Waals surface area contributed by atoms with E-state index in [0.717, 1.165) is 23.9 Å². The van der Waals surface area contributed by atoms with E-state index in [4.69, 9.17) is 20.8 Å². The van der Waals surface area contributed by atoms with E-state index in [2.05, 4.69) is 17.2 Å². The molecule has 0 unspecified atom stereocenters. The van der Waals surface area contributed by atoms with Gasteiger partial charge in [-0.1, -0.05) is 24.9 Å². The van der Waals surface area contributed by atoms with Gasteiger partial charge in [0.05, 0.1) is 5.02 Å². The van der Waals surface area contributed by atoms with E-state index in [1.165, 1.54) is 31.2 Å². The van der Waals surface area contributed by atoms with Gasteiger partial charge >= 0.3 is 11.6 Å². The van der Waals surface area contributed by atoms with Crippen LogP contribution in [0.15, 0.2) is 51.8 Å². The molecule has 2 atom stereocenters. The number of carboxylic acids is 1. The molecule has 0 fully saturated rings. The highest BCUT2D eigenvalue weighted by molar-refractivity contribution is 6.32. The molecule has 1 amide bonds. The first kappa shape index (κ1) is 26.1. The van der Waals surface area contributed by atoms with Crippen LogP contribution in [0, 0.1) is 0 Å². The molecule has 0 aliphatic rings. The van der Waals surface area contributed by atoms with Gasteiger partial charge in [-0.05, 0) is 55.2 Å². The number of H-pyrrole nitrogens is 1. The Morgan fingerprint density at radius 3 is 2.68 bits per heavy atom. The summed E-state index contributed by atoms with van der Waals surface area (Å²) < 4.78 is 11.1. The molecule has 2 aromatic heterocycles. The molecule has 10 heteroatoms. The lowest BCUT2D eigenvalue weighted by Gasteiger charge is -2.19. The van der Waals surface area contributed by atoms with E-state index < -0.39 is 29.6 Å². The van der Waals surface area contributed by atoms with Gasteiger partial charge in [0.1, 0.15) is 23.1 Å². The Balaban J connectivity index is 1.51. The number of nitrogens with one attached hydrogen (secondary N) is 2. The van der Waals surface area contributed by atoms with Crippen LogP contribution < -0.4 is 15.7 Å². The number of phenolic OH excluding ortho intramolecular Hbond substituents is 1. The molecular formula is C27H27ClN2O7. The fourth-order valence-corrected chi connectivity index (χ4v) is 4.39. The highest BCUT2D eigenvalue weighted by Crippen LogP contribution is 2.32. The van der Waals surface area contributed by atoms with E-state index in [1.807, 2.05) is 0 Å². The second kappa shape index (κ2) is 11.0. The topological polar surface area (TPSA) is 142 Å². The lowest BCUT2D eigenvalue weighted by Crippen LogP contribution is -2.47. The Hall–Kier alpha value is -3.98. The van der Waals surface area contributed by atoms with Crippen molar-refractivity contribution in [1.29, 1.82) is 0 Å². The number of carboxylic acid groups (broad SMARTS) is 1. The molecule has 4 rings (SSSR count). The van der Waals surface area contributed by atoms with Gasteiger partial charge in [-0.3, -0.25) is 4.79 Å². The Morgan fingerprint density at radius 2 is 1.95 bits per heavy atom. The summed E-state index contributed by atoms with van der Waals surface area (Å²) >= 11 is 6.42. The van der Waals surface area contributed by atoms with E-state index in [1.54, 1.807) is 18.3 Å². The number of hydrogen-bond acceptors (Lipinski definition) is 6. The van der Waals surface area contributed by atoms with Gasteiger partial charge in [-0.2, -0.15) is 0 Å². The van der Waals surface area contributed by atoms with Crippen molar-refractivity contribution in [1.82, 2.24) is 10.3 Å². The monoisotopic (exact) mass is 526 g/mol. The third kappa shape index (κ3) is 5.89. The summed E-state index contributed by atoms with van der Waals surface area (Å²) in [6.45, 7) is 3.52. The number of carbonyl (C=O) groups is 2. The minimum absolute atomic E-state index is 0.0142. The lowest BCUT2D eigenvalue weighted by molar-refractivity contribution is -0.142. The summed E-state index contributed by atoms with van der Waals surface area (Å²) in [5.74, 6) is -1.71. The second-order valence-corrected chi connectivity index (χ2v) is 9.29. The number of aromatic nitrogens is 1. The molecule has 37 heavy (non-hydrogen) atoms. The molecule has 0 aliphatic carbocycles. The highest BCUT2D eigenvalue weighted by Gasteiger charge is 2.26. The van der Waals surface area contributed by atoms with Crippen molar-refractivity contribution in [2.45, 2.75) is 51.7 Å². The van der Waals surface area contributed by atoms with E-state index in [9.17, 15) is 24.6 Å². The zero-order valence-electron chi connectivity index (χ0n) is 20.3. The number of aryl methyl sites for hydroxylation is 1. The first-order valence-electron chi connectivity index (χ1n) is 11.9. The molecule has 0 saturated heterocycles. The number of rotatable bonds is 10. The minimum atomic E-state index is -1.24. The SMILES string of the molecule is CCCCc1cc(=O)oc2cc(O[C@@H](C)C(=O)N[C@@H](Cc3c[nH]c4ccc(O)cc34)C(=O)O)c(Cl)cc12. The standard InChI is InChI=1S/C27H27ClN2O7/c1-3-4-5-15-9-25(32)37-23-12-24(20(28)11-19(15)23)36-14(2)26(33)30-22(27(34)35)8-16-13-29-21-7-6-17(31)10-18(16)21/h6-7,9-14,22,29,31H,3-5,8H2,1-2H3,(H,30,33)(H,34,35)/t14-,22-/m0/s1. The quantitative estimate of drug-likeness (QED) is 0.222. The van der Waals surface area contributed by atoms with Gasteiger partial charge in [0.15, 0.2) is 6.10 Å². The Morgan fingerprint density at radius 1 is 1.16 bits per heavy atom. The van der Waals surface area contributed by atoms with Gasteiger partial charge in [0.2, 0.25) is 0 Å². The van der Waals surface area contributed by atoms with Gasteiger partial charge in [-0.15, -0.1) is 0 Å². The number of phenols is 1. The first-order valence-corrected chi connectivity index (χ1v) is 12.3. The molecule has 0 aliphatic heterocycles. The summed E-state index contributed by atoms with van der Waals surface area (Å²) in [5, 5.41) is 23.6. The molecule has 2 heterocycles. The summed E-state index contributed by atoms with van der Waals surface area (Å²) in [6.07, 6.45) is 3.09. The van der Waals surface area contributed by atoms with Crippen molar-refractivity contribution >= 4 is 45.3 Å². The number of ether oxygens (including phenoxy) is 1. The molecule has 4 N–H and O–H groups in total. The van der Waals surface area contributed by atoms with Gasteiger partial charge in [-0.25, -0.2) is 9.59 Å². The van der Waals surface area contributed by atoms with Crippen LogP contribution in [0.4, 0.5) is 0 Å². The zero-order chi connectivity index (χ0) is 26.7. The van der Waals surface area contributed by atoms with Crippen molar-refractivity contribution < 1.29 is 29.0 Å². The predicted molar refractivity (Wildman–Crippen MR) is 139 cm³/mol. The first-order chi connectivity index (χ1) is 17.7. The number of aliphatic carboxylic acids is 1. The summed E-state index contributed by atoms with van der Waals surface area (Å²) in [4.78, 5) is 39.8. The Kier molecular flexibility index (Phi) is 7.73. The molecule has 0 spiro atoms. The predicted octanol–water partition coefficient (Wildman–Crippen LogP) is 4.56. The van der Waals surface area contributed by atoms with Crippen LogP contribution in [0.2, 0.25) is 5.02 Å². The Bertz CT molecular complexity index is 1520. The average Bonchev–Trinajstić information content (AvgIpc) is 3.24. The molecule has 0 bridgehead atoms. The normalized spacial score (nSPS) is 12.9. The maximum Gasteiger partial charge on any atom is 0.336 e. The van der Waals surface area contributed by atoms with E-state index in [-0.39, 0.29) is 28.5 Å². The molecule has 0 saturated carbocycles. The van der Waals surface area contributed by atoms with Crippen molar-refractivity contribution in [2.24, 2.45) is 0 Å².